The number of benzene rings is 3. The monoisotopic (exact) mass is 546 g/mol. The van der Waals surface area contributed by atoms with Gasteiger partial charge in [0.05, 0.1) is 26.2 Å². The van der Waals surface area contributed by atoms with Crippen molar-refractivity contribution < 1.29 is 28.6 Å². The minimum absolute atomic E-state index is 0.123. The highest BCUT2D eigenvalue weighted by atomic mass is 16.5. The first-order chi connectivity index (χ1) is 19.1. The first kappa shape index (κ1) is 30.2. The Balaban J connectivity index is 1.97. The second kappa shape index (κ2) is 14.2. The molecule has 0 aromatic heterocycles. The second-order valence-electron chi connectivity index (χ2n) is 9.66. The Morgan fingerprint density at radius 1 is 0.925 bits per heavy atom. The zero-order valence-corrected chi connectivity index (χ0v) is 24.0. The SMILES string of the molecule is CCOC(=O)C(C)c1cccc(Oc2ccc(N(C)C(C)=O)cc2CN(C(=O)OC)C(C)Cc2ccccc2)c1. The third-order valence-electron chi connectivity index (χ3n) is 6.79. The Bertz CT molecular complexity index is 1310. The summed E-state index contributed by atoms with van der Waals surface area (Å²) in [4.78, 5) is 40.5. The normalized spacial score (nSPS) is 12.2. The fourth-order valence-corrected chi connectivity index (χ4v) is 4.32. The van der Waals surface area contributed by atoms with Gasteiger partial charge in [-0.2, -0.15) is 0 Å². The highest BCUT2D eigenvalue weighted by molar-refractivity contribution is 5.91. The quantitative estimate of drug-likeness (QED) is 0.261. The van der Waals surface area contributed by atoms with Crippen LogP contribution in [-0.4, -0.2) is 49.7 Å². The summed E-state index contributed by atoms with van der Waals surface area (Å²) >= 11 is 0. The van der Waals surface area contributed by atoms with Crippen LogP contribution in [0.3, 0.4) is 0 Å². The number of ether oxygens (including phenoxy) is 3. The van der Waals surface area contributed by atoms with Crippen molar-refractivity contribution in [3.05, 3.63) is 89.5 Å². The molecule has 40 heavy (non-hydrogen) atoms. The maximum absolute atomic E-state index is 12.9. The van der Waals surface area contributed by atoms with Crippen LogP contribution in [0, 0.1) is 0 Å². The molecule has 0 N–H and O–H groups in total. The van der Waals surface area contributed by atoms with Crippen molar-refractivity contribution in [2.75, 3.05) is 25.7 Å². The number of methoxy groups -OCH3 is 1. The van der Waals surface area contributed by atoms with E-state index in [1.54, 1.807) is 50.1 Å². The number of rotatable bonds is 11. The lowest BCUT2D eigenvalue weighted by Crippen LogP contribution is -2.39. The largest absolute Gasteiger partial charge is 0.466 e. The average Bonchev–Trinajstić information content (AvgIpc) is 2.96. The van der Waals surface area contributed by atoms with Crippen molar-refractivity contribution in [2.45, 2.75) is 52.6 Å². The van der Waals surface area contributed by atoms with Gasteiger partial charge in [-0.25, -0.2) is 4.79 Å². The van der Waals surface area contributed by atoms with Crippen LogP contribution in [0.5, 0.6) is 11.5 Å². The molecule has 2 amide bonds. The summed E-state index contributed by atoms with van der Waals surface area (Å²) in [5, 5.41) is 0. The Morgan fingerprint density at radius 2 is 1.65 bits per heavy atom. The van der Waals surface area contributed by atoms with Crippen molar-refractivity contribution in [3.63, 3.8) is 0 Å². The molecule has 0 aliphatic carbocycles. The van der Waals surface area contributed by atoms with Gasteiger partial charge in [-0.15, -0.1) is 0 Å². The number of amides is 2. The molecule has 212 valence electrons. The van der Waals surface area contributed by atoms with Crippen LogP contribution in [0.4, 0.5) is 10.5 Å². The molecule has 0 heterocycles. The predicted octanol–water partition coefficient (Wildman–Crippen LogP) is 6.33. The number of nitrogens with zero attached hydrogens (tertiary/aromatic N) is 2. The molecule has 3 aromatic carbocycles. The van der Waals surface area contributed by atoms with Crippen LogP contribution in [0.15, 0.2) is 72.8 Å². The Morgan fingerprint density at radius 3 is 2.30 bits per heavy atom. The van der Waals surface area contributed by atoms with Crippen molar-refractivity contribution in [2.24, 2.45) is 0 Å². The van der Waals surface area contributed by atoms with Gasteiger partial charge in [-0.05, 0) is 68.7 Å². The second-order valence-corrected chi connectivity index (χ2v) is 9.66. The van der Waals surface area contributed by atoms with Crippen molar-refractivity contribution >= 4 is 23.7 Å². The topological polar surface area (TPSA) is 85.4 Å². The van der Waals surface area contributed by atoms with E-state index >= 15 is 0 Å². The summed E-state index contributed by atoms with van der Waals surface area (Å²) in [7, 11) is 3.05. The summed E-state index contributed by atoms with van der Waals surface area (Å²) in [5.74, 6) is 0.163. The van der Waals surface area contributed by atoms with Gasteiger partial charge in [0.1, 0.15) is 11.5 Å². The van der Waals surface area contributed by atoms with Gasteiger partial charge in [0.25, 0.3) is 0 Å². The fourth-order valence-electron chi connectivity index (χ4n) is 4.32. The first-order valence-electron chi connectivity index (χ1n) is 13.3. The number of esters is 1. The highest BCUT2D eigenvalue weighted by Gasteiger charge is 2.24. The first-order valence-corrected chi connectivity index (χ1v) is 13.3. The molecular formula is C32H38N2O6. The Hall–Kier alpha value is -4.33. The molecule has 8 nitrogen and oxygen atoms in total. The van der Waals surface area contributed by atoms with Crippen LogP contribution >= 0.6 is 0 Å². The van der Waals surface area contributed by atoms with Crippen LogP contribution in [0.2, 0.25) is 0 Å². The summed E-state index contributed by atoms with van der Waals surface area (Å²) in [6.07, 6.45) is 0.164. The van der Waals surface area contributed by atoms with Gasteiger partial charge in [0.15, 0.2) is 0 Å². The molecule has 3 aromatic rings. The summed E-state index contributed by atoms with van der Waals surface area (Å²) in [6, 6.07) is 22.4. The predicted molar refractivity (Wildman–Crippen MR) is 155 cm³/mol. The lowest BCUT2D eigenvalue weighted by atomic mass is 10.0. The molecule has 3 rings (SSSR count). The van der Waals surface area contributed by atoms with Crippen LogP contribution in [0.25, 0.3) is 0 Å². The zero-order valence-electron chi connectivity index (χ0n) is 24.0. The lowest BCUT2D eigenvalue weighted by molar-refractivity contribution is -0.144. The van der Waals surface area contributed by atoms with E-state index in [1.807, 2.05) is 55.5 Å². The van der Waals surface area contributed by atoms with Crippen LogP contribution < -0.4 is 9.64 Å². The summed E-state index contributed by atoms with van der Waals surface area (Å²) in [6.45, 7) is 7.52. The smallest absolute Gasteiger partial charge is 0.410 e. The van der Waals surface area contributed by atoms with Gasteiger partial charge < -0.3 is 24.0 Å². The van der Waals surface area contributed by atoms with Crippen molar-refractivity contribution in [3.8, 4) is 11.5 Å². The molecule has 0 aliphatic heterocycles. The molecule has 8 heteroatoms. The molecule has 2 unspecified atom stereocenters. The molecule has 2 atom stereocenters. The third kappa shape index (κ3) is 7.85. The molecule has 0 fully saturated rings. The fraction of sp³-hybridized carbons (Fsp3) is 0.344. The van der Waals surface area contributed by atoms with Gasteiger partial charge in [-0.1, -0.05) is 42.5 Å². The molecule has 0 bridgehead atoms. The van der Waals surface area contributed by atoms with E-state index in [1.165, 1.54) is 18.9 Å². The number of carbonyl (C=O) groups excluding carboxylic acids is 3. The third-order valence-corrected chi connectivity index (χ3v) is 6.79. The molecular weight excluding hydrogens is 508 g/mol. The van der Waals surface area contributed by atoms with Gasteiger partial charge in [0, 0.05) is 31.3 Å². The molecule has 0 saturated heterocycles. The highest BCUT2D eigenvalue weighted by Crippen LogP contribution is 2.32. The lowest BCUT2D eigenvalue weighted by Gasteiger charge is -2.29. The van der Waals surface area contributed by atoms with E-state index in [2.05, 4.69) is 0 Å². The van der Waals surface area contributed by atoms with Gasteiger partial charge in [-0.3, -0.25) is 9.59 Å². The molecule has 0 saturated carbocycles. The van der Waals surface area contributed by atoms with E-state index in [0.717, 1.165) is 11.1 Å². The van der Waals surface area contributed by atoms with Gasteiger partial charge >= 0.3 is 12.1 Å². The van der Waals surface area contributed by atoms with Crippen LogP contribution in [-0.2, 0) is 32.0 Å². The Labute approximate surface area is 236 Å². The Kier molecular flexibility index (Phi) is 10.7. The number of hydrogen-bond donors (Lipinski definition) is 0. The maximum atomic E-state index is 12.9. The van der Waals surface area contributed by atoms with E-state index in [-0.39, 0.29) is 24.5 Å². The zero-order chi connectivity index (χ0) is 29.2. The van der Waals surface area contributed by atoms with Crippen molar-refractivity contribution in [1.29, 1.82) is 0 Å². The standard InChI is InChI=1S/C32H38N2O6/c1-7-39-31(36)23(3)26-14-11-15-29(20-26)40-30-17-16-28(33(5)24(4)35)19-27(30)21-34(32(37)38-6)22(2)18-25-12-9-8-10-13-25/h8-17,19-20,22-23H,7,18,21H2,1-6H3. The summed E-state index contributed by atoms with van der Waals surface area (Å²) < 4.78 is 16.6. The summed E-state index contributed by atoms with van der Waals surface area (Å²) in [5.41, 5.74) is 3.22. The van der Waals surface area contributed by atoms with E-state index in [4.69, 9.17) is 14.2 Å². The molecule has 0 radical (unpaired) electrons. The van der Waals surface area contributed by atoms with Crippen molar-refractivity contribution in [1.82, 2.24) is 4.90 Å². The molecule has 0 spiro atoms. The average molecular weight is 547 g/mol. The number of hydrogen-bond acceptors (Lipinski definition) is 6. The number of carbonyl (C=O) groups is 3. The molecule has 0 aliphatic rings. The van der Waals surface area contributed by atoms with Gasteiger partial charge in [0.2, 0.25) is 5.91 Å². The number of anilines is 1. The minimum atomic E-state index is -0.468. The van der Waals surface area contributed by atoms with Crippen LogP contribution in [0.1, 0.15) is 50.3 Å². The maximum Gasteiger partial charge on any atom is 0.410 e. The minimum Gasteiger partial charge on any atom is -0.466 e. The van der Waals surface area contributed by atoms with E-state index in [0.29, 0.717) is 35.8 Å². The van der Waals surface area contributed by atoms with E-state index < -0.39 is 12.0 Å². The van der Waals surface area contributed by atoms with E-state index in [9.17, 15) is 14.4 Å².